The molecule has 20 aromatic rings. The van der Waals surface area contributed by atoms with Crippen LogP contribution in [0.5, 0.6) is 0 Å². The fourth-order valence-corrected chi connectivity index (χ4v) is 16.1. The van der Waals surface area contributed by atoms with Crippen LogP contribution in [0.2, 0.25) is 0 Å². The van der Waals surface area contributed by atoms with Crippen LogP contribution in [0.3, 0.4) is 0 Å². The number of furan rings is 3. The molecule has 0 unspecified atom stereocenters. The van der Waals surface area contributed by atoms with E-state index in [0.29, 0.717) is 0 Å². The van der Waals surface area contributed by atoms with E-state index < -0.39 is 0 Å². The molecule has 4 nitrogen and oxygen atoms in total. The first-order valence-corrected chi connectivity index (χ1v) is 34.8. The number of fused-ring (bicyclic) bond motifs is 16. The third-order valence-electron chi connectivity index (χ3n) is 21.0. The Morgan fingerprint density at radius 3 is 0.950 bits per heavy atom. The summed E-state index contributed by atoms with van der Waals surface area (Å²) in [6.45, 7) is 13.6. The molecule has 100 heavy (non-hydrogen) atoms. The smallest absolute Gasteiger partial charge is 0.143 e. The maximum Gasteiger partial charge on any atom is 0.143 e. The number of rotatable bonds is 6. The Kier molecular flexibility index (Phi) is 13.4. The quantitative estimate of drug-likeness (QED) is 0.156. The molecule has 0 aliphatic rings. The second-order valence-electron chi connectivity index (χ2n) is 29.0. The Morgan fingerprint density at radius 1 is 0.220 bits per heavy atom. The highest BCUT2D eigenvalue weighted by molar-refractivity contribution is 6.24. The number of benzene rings is 16. The van der Waals surface area contributed by atoms with Gasteiger partial charge in [0.05, 0.1) is 11.0 Å². The monoisotopic (exact) mass is 1280 g/mol. The van der Waals surface area contributed by atoms with Crippen molar-refractivity contribution >= 4 is 131 Å². The minimum atomic E-state index is 0.103. The fourth-order valence-electron chi connectivity index (χ4n) is 16.1. The van der Waals surface area contributed by atoms with Crippen molar-refractivity contribution in [1.29, 1.82) is 0 Å². The van der Waals surface area contributed by atoms with E-state index in [1.165, 1.54) is 109 Å². The Bertz CT molecular complexity index is 6540. The SMILES string of the molecule is CC(C)(C)c1ccc(-c2c3ccccc3c(-c3ccc4c(c3)oc3cc(-c5cccc6c5oc5ccccc56)ccc34)c3ccccc23)cc1.CC(C)(C)c1ccc(-c2c3ccccc3c(-c3ccc4c(c3)oc3cc(-n5c6ccccc6c6ccccc65)ccc34)c3ccccc23)cc1. The lowest BCUT2D eigenvalue weighted by molar-refractivity contribution is 0.590. The molecule has 0 saturated heterocycles. The van der Waals surface area contributed by atoms with E-state index in [9.17, 15) is 0 Å². The van der Waals surface area contributed by atoms with E-state index >= 15 is 0 Å². The van der Waals surface area contributed by atoms with Crippen LogP contribution in [0.4, 0.5) is 0 Å². The van der Waals surface area contributed by atoms with E-state index in [2.05, 4.69) is 343 Å². The molecule has 476 valence electrons. The molecule has 0 aliphatic carbocycles. The molecule has 20 rings (SSSR count). The summed E-state index contributed by atoms with van der Waals surface area (Å²) in [6, 6.07) is 112. The number of para-hydroxylation sites is 4. The molecule has 0 aliphatic heterocycles. The first kappa shape index (κ1) is 59.1. The highest BCUT2D eigenvalue weighted by Crippen LogP contribution is 2.49. The molecule has 0 amide bonds. The molecule has 0 fully saturated rings. The van der Waals surface area contributed by atoms with Gasteiger partial charge in [0.15, 0.2) is 0 Å². The molecule has 0 saturated carbocycles. The lowest BCUT2D eigenvalue weighted by Gasteiger charge is -2.21. The summed E-state index contributed by atoms with van der Waals surface area (Å²) >= 11 is 0. The van der Waals surface area contributed by atoms with Crippen LogP contribution in [0, 0.1) is 0 Å². The van der Waals surface area contributed by atoms with Crippen LogP contribution in [-0.4, -0.2) is 4.57 Å². The van der Waals surface area contributed by atoms with E-state index in [4.69, 9.17) is 13.3 Å². The average molecular weight is 1280 g/mol. The molecule has 0 N–H and O–H groups in total. The first-order chi connectivity index (χ1) is 48.9. The van der Waals surface area contributed by atoms with Crippen molar-refractivity contribution in [3.05, 3.63) is 321 Å². The number of hydrogen-bond donors (Lipinski definition) is 0. The number of aromatic nitrogens is 1. The standard InChI is InChI=1S/C48H35NO.C48H34O2/c1-48(2,3)32-23-20-30(21-24-32)46-38-14-4-6-16-40(38)47(41-17-7-5-15-39(41)46)31-22-26-36-37-27-25-33(29-45(37)50-44(36)28-31)49-42-18-10-8-12-34(42)35-13-9-11-19-43(35)49;1-48(2,3)32-23-19-29(20-24-32)45-37-12-4-6-14-39(37)46(40-15-7-5-13-38(40)45)31-22-26-36-35-25-21-30(27-43(35)49-44(36)28-31)33-16-10-17-41-34-11-8-9-18-42(34)50-47(33)41/h4-29H,1-3H3;4-28H,1-3H3. The van der Waals surface area contributed by atoms with E-state index in [1.54, 1.807) is 0 Å². The van der Waals surface area contributed by atoms with Gasteiger partial charge in [-0.25, -0.2) is 0 Å². The third kappa shape index (κ3) is 9.49. The third-order valence-corrected chi connectivity index (χ3v) is 21.0. The van der Waals surface area contributed by atoms with Crippen molar-refractivity contribution < 1.29 is 13.3 Å². The van der Waals surface area contributed by atoms with Gasteiger partial charge in [0.2, 0.25) is 0 Å². The summed E-state index contributed by atoms with van der Waals surface area (Å²) in [4.78, 5) is 0. The van der Waals surface area contributed by atoms with Crippen LogP contribution in [0.15, 0.2) is 323 Å². The van der Waals surface area contributed by atoms with Crippen LogP contribution in [0.1, 0.15) is 52.7 Å². The molecule has 0 spiro atoms. The van der Waals surface area contributed by atoms with Gasteiger partial charge in [-0.05, 0) is 182 Å². The van der Waals surface area contributed by atoms with Crippen molar-refractivity contribution in [2.45, 2.75) is 52.4 Å². The molecule has 16 aromatic carbocycles. The number of hydrogen-bond acceptors (Lipinski definition) is 3. The number of nitrogens with zero attached hydrogens (tertiary/aromatic N) is 1. The van der Waals surface area contributed by atoms with Gasteiger partial charge >= 0.3 is 0 Å². The van der Waals surface area contributed by atoms with Gasteiger partial charge in [0, 0.05) is 60.4 Å². The Labute approximate surface area is 579 Å². The van der Waals surface area contributed by atoms with Crippen LogP contribution < -0.4 is 0 Å². The lowest BCUT2D eigenvalue weighted by Crippen LogP contribution is -2.10. The summed E-state index contributed by atoms with van der Waals surface area (Å²) in [7, 11) is 0. The maximum atomic E-state index is 6.72. The largest absolute Gasteiger partial charge is 0.456 e. The van der Waals surface area contributed by atoms with Gasteiger partial charge < -0.3 is 17.8 Å². The Morgan fingerprint density at radius 2 is 0.530 bits per heavy atom. The molecular formula is C96H69NO3. The normalized spacial score (nSPS) is 12.3. The minimum absolute atomic E-state index is 0.103. The van der Waals surface area contributed by atoms with Crippen molar-refractivity contribution in [2.75, 3.05) is 0 Å². The predicted octanol–water partition coefficient (Wildman–Crippen LogP) is 27.7. The van der Waals surface area contributed by atoms with Gasteiger partial charge in [-0.1, -0.05) is 278 Å². The predicted molar refractivity (Wildman–Crippen MR) is 424 cm³/mol. The zero-order valence-electron chi connectivity index (χ0n) is 56.6. The van der Waals surface area contributed by atoms with E-state index in [-0.39, 0.29) is 10.8 Å². The topological polar surface area (TPSA) is 44.4 Å². The molecular weight excluding hydrogens is 1220 g/mol. The molecule has 4 aromatic heterocycles. The molecule has 4 heterocycles. The second-order valence-corrected chi connectivity index (χ2v) is 29.0. The maximum absolute atomic E-state index is 6.72. The zero-order chi connectivity index (χ0) is 67.1. The Hall–Kier alpha value is -12.2. The highest BCUT2D eigenvalue weighted by atomic mass is 16.3. The molecule has 0 radical (unpaired) electrons. The first-order valence-electron chi connectivity index (χ1n) is 34.8. The fraction of sp³-hybridized carbons (Fsp3) is 0.0833. The highest BCUT2D eigenvalue weighted by Gasteiger charge is 2.24. The van der Waals surface area contributed by atoms with Crippen LogP contribution in [0.25, 0.3) is 192 Å². The van der Waals surface area contributed by atoms with Gasteiger partial charge in [0.25, 0.3) is 0 Å². The van der Waals surface area contributed by atoms with Gasteiger partial charge in [-0.15, -0.1) is 0 Å². The van der Waals surface area contributed by atoms with Gasteiger partial charge in [0.1, 0.15) is 33.5 Å². The van der Waals surface area contributed by atoms with Gasteiger partial charge in [-0.2, -0.15) is 0 Å². The summed E-state index contributed by atoms with van der Waals surface area (Å²) in [5, 5.41) is 19.2. The minimum Gasteiger partial charge on any atom is -0.456 e. The van der Waals surface area contributed by atoms with Crippen molar-refractivity contribution in [2.24, 2.45) is 0 Å². The van der Waals surface area contributed by atoms with Gasteiger partial charge in [-0.3, -0.25) is 0 Å². The molecule has 0 bridgehead atoms. The zero-order valence-corrected chi connectivity index (χ0v) is 56.6. The van der Waals surface area contributed by atoms with Crippen molar-refractivity contribution in [3.63, 3.8) is 0 Å². The average Bonchev–Trinajstić information content (AvgIpc) is 1.14. The van der Waals surface area contributed by atoms with E-state index in [0.717, 1.165) is 93.8 Å². The summed E-state index contributed by atoms with van der Waals surface area (Å²) in [5.41, 5.74) is 23.6. The van der Waals surface area contributed by atoms with Crippen LogP contribution >= 0.6 is 0 Å². The van der Waals surface area contributed by atoms with Crippen molar-refractivity contribution in [3.8, 4) is 61.3 Å². The summed E-state index contributed by atoms with van der Waals surface area (Å²) in [6.07, 6.45) is 0. The molecule has 4 heteroatoms. The van der Waals surface area contributed by atoms with Crippen molar-refractivity contribution in [1.82, 2.24) is 4.57 Å². The second kappa shape index (κ2) is 22.7. The van der Waals surface area contributed by atoms with E-state index in [1.807, 2.05) is 12.1 Å². The van der Waals surface area contributed by atoms with Crippen LogP contribution in [-0.2, 0) is 10.8 Å². The summed E-state index contributed by atoms with van der Waals surface area (Å²) in [5.74, 6) is 0. The molecule has 0 atom stereocenters. The summed E-state index contributed by atoms with van der Waals surface area (Å²) < 4.78 is 22.1. The lowest BCUT2D eigenvalue weighted by atomic mass is 9.83. The Balaban J connectivity index is 0.000000139.